The van der Waals surface area contributed by atoms with E-state index in [9.17, 15) is 4.79 Å². The highest BCUT2D eigenvalue weighted by molar-refractivity contribution is 9.10. The molecule has 0 aromatic carbocycles. The van der Waals surface area contributed by atoms with Crippen LogP contribution in [0.15, 0.2) is 15.9 Å². The van der Waals surface area contributed by atoms with Crippen molar-refractivity contribution in [3.8, 4) is 0 Å². The maximum atomic E-state index is 11.8. The monoisotopic (exact) mass is 368 g/mol. The molecule has 0 radical (unpaired) electrons. The molecule has 0 aliphatic rings. The van der Waals surface area contributed by atoms with Gasteiger partial charge in [0, 0.05) is 33.7 Å². The van der Waals surface area contributed by atoms with E-state index in [1.807, 2.05) is 5.38 Å². The van der Waals surface area contributed by atoms with Crippen LogP contribution < -0.4 is 11.1 Å². The second-order valence-electron chi connectivity index (χ2n) is 4.37. The molecule has 110 valence electrons. The largest absolute Gasteiger partial charge is 0.352 e. The normalized spacial score (nSPS) is 11.7. The zero-order valence-electron chi connectivity index (χ0n) is 11.2. The molecule has 0 fully saturated rings. The summed E-state index contributed by atoms with van der Waals surface area (Å²) in [5.41, 5.74) is 5.65. The lowest BCUT2D eigenvalue weighted by Crippen LogP contribution is -2.40. The third-order valence-electron chi connectivity index (χ3n) is 2.78. The summed E-state index contributed by atoms with van der Waals surface area (Å²) in [7, 11) is 0. The van der Waals surface area contributed by atoms with Crippen LogP contribution in [0.25, 0.3) is 0 Å². The number of nitrogens with one attached hydrogen (secondary N) is 1. The van der Waals surface area contributed by atoms with Gasteiger partial charge in [0.15, 0.2) is 0 Å². The first kappa shape index (κ1) is 18.9. The molecule has 3 nitrogen and oxygen atoms in total. The molecular formula is C13H22BrClN2OS. The van der Waals surface area contributed by atoms with E-state index in [0.29, 0.717) is 13.0 Å². The Hall–Kier alpha value is -0.100. The Kier molecular flexibility index (Phi) is 10.6. The summed E-state index contributed by atoms with van der Waals surface area (Å²) < 4.78 is 1.09. The van der Waals surface area contributed by atoms with Gasteiger partial charge in [0.2, 0.25) is 5.91 Å². The average molecular weight is 370 g/mol. The van der Waals surface area contributed by atoms with Crippen LogP contribution in [0.1, 0.15) is 37.5 Å². The Morgan fingerprint density at radius 3 is 2.84 bits per heavy atom. The number of aryl methyl sites for hydroxylation is 1. The Labute approximate surface area is 133 Å². The van der Waals surface area contributed by atoms with Crippen molar-refractivity contribution in [2.75, 3.05) is 6.54 Å². The van der Waals surface area contributed by atoms with Gasteiger partial charge < -0.3 is 11.1 Å². The lowest BCUT2D eigenvalue weighted by molar-refractivity contribution is -0.121. The molecule has 6 heteroatoms. The number of amides is 1. The first-order valence-electron chi connectivity index (χ1n) is 6.38. The van der Waals surface area contributed by atoms with Crippen LogP contribution in [0, 0.1) is 0 Å². The van der Waals surface area contributed by atoms with Crippen LogP contribution >= 0.6 is 39.7 Å². The lowest BCUT2D eigenvalue weighted by Gasteiger charge is -2.16. The van der Waals surface area contributed by atoms with Gasteiger partial charge in [0.05, 0.1) is 0 Å². The molecule has 1 amide bonds. The summed E-state index contributed by atoms with van der Waals surface area (Å²) in [6, 6.07) is 2.20. The number of rotatable bonds is 8. The lowest BCUT2D eigenvalue weighted by atomic mass is 10.1. The van der Waals surface area contributed by atoms with Crippen molar-refractivity contribution in [1.82, 2.24) is 5.32 Å². The zero-order chi connectivity index (χ0) is 13.4. The molecule has 1 heterocycles. The van der Waals surface area contributed by atoms with Gasteiger partial charge in [-0.1, -0.05) is 19.8 Å². The van der Waals surface area contributed by atoms with Crippen molar-refractivity contribution in [2.45, 2.75) is 45.1 Å². The summed E-state index contributed by atoms with van der Waals surface area (Å²) >= 11 is 5.09. The number of carbonyl (C=O) groups excluding carboxylic acids is 1. The smallest absolute Gasteiger partial charge is 0.220 e. The molecule has 0 aliphatic heterocycles. The number of unbranched alkanes of at least 4 members (excludes halogenated alkanes) is 1. The predicted octanol–water partition coefficient (Wildman–Crippen LogP) is 3.50. The summed E-state index contributed by atoms with van der Waals surface area (Å²) in [5.74, 6) is 0.103. The van der Waals surface area contributed by atoms with E-state index in [4.69, 9.17) is 5.73 Å². The van der Waals surface area contributed by atoms with E-state index in [2.05, 4.69) is 34.2 Å². The van der Waals surface area contributed by atoms with Gasteiger partial charge in [-0.2, -0.15) is 0 Å². The molecule has 1 rings (SSSR count). The Morgan fingerprint density at radius 1 is 1.58 bits per heavy atom. The van der Waals surface area contributed by atoms with Crippen molar-refractivity contribution in [3.05, 3.63) is 20.8 Å². The van der Waals surface area contributed by atoms with Crippen molar-refractivity contribution >= 4 is 45.6 Å². The van der Waals surface area contributed by atoms with Gasteiger partial charge in [-0.05, 0) is 34.8 Å². The van der Waals surface area contributed by atoms with E-state index in [1.165, 1.54) is 4.88 Å². The van der Waals surface area contributed by atoms with Gasteiger partial charge in [-0.15, -0.1) is 23.7 Å². The number of halogens is 2. The van der Waals surface area contributed by atoms with Crippen molar-refractivity contribution in [3.63, 3.8) is 0 Å². The van der Waals surface area contributed by atoms with Gasteiger partial charge in [0.1, 0.15) is 0 Å². The zero-order valence-corrected chi connectivity index (χ0v) is 14.4. The van der Waals surface area contributed by atoms with Gasteiger partial charge in [-0.25, -0.2) is 0 Å². The van der Waals surface area contributed by atoms with Crippen molar-refractivity contribution in [1.29, 1.82) is 0 Å². The Bertz CT molecular complexity index is 373. The highest BCUT2D eigenvalue weighted by atomic mass is 79.9. The fourth-order valence-electron chi connectivity index (χ4n) is 1.72. The van der Waals surface area contributed by atoms with E-state index >= 15 is 0 Å². The summed E-state index contributed by atoms with van der Waals surface area (Å²) in [6.45, 7) is 2.67. The van der Waals surface area contributed by atoms with Crippen LogP contribution in [0.4, 0.5) is 0 Å². The summed E-state index contributed by atoms with van der Waals surface area (Å²) in [5, 5.41) is 5.05. The molecule has 3 N–H and O–H groups in total. The van der Waals surface area contributed by atoms with Crippen LogP contribution in [-0.4, -0.2) is 18.5 Å². The molecule has 0 saturated carbocycles. The third-order valence-corrected chi connectivity index (χ3v) is 4.53. The standard InChI is InChI=1S/C13H21BrN2OS.ClH/c1-2-3-4-11(8-15)16-13(17)6-5-12-7-10(14)9-18-12;/h7,9,11H,2-6,8,15H2,1H3,(H,16,17);1H. The van der Waals surface area contributed by atoms with E-state index in [0.717, 1.165) is 30.2 Å². The summed E-state index contributed by atoms with van der Waals surface area (Å²) in [4.78, 5) is 13.0. The molecule has 1 atom stereocenters. The fraction of sp³-hybridized carbons (Fsp3) is 0.615. The molecule has 1 aromatic heterocycles. The summed E-state index contributed by atoms with van der Waals surface area (Å²) in [6.07, 6.45) is 4.56. The minimum absolute atomic E-state index is 0. The molecular weight excluding hydrogens is 348 g/mol. The van der Waals surface area contributed by atoms with Crippen LogP contribution in [-0.2, 0) is 11.2 Å². The maximum absolute atomic E-state index is 11.8. The quantitative estimate of drug-likeness (QED) is 0.737. The highest BCUT2D eigenvalue weighted by Crippen LogP contribution is 2.20. The van der Waals surface area contributed by atoms with Gasteiger partial charge >= 0.3 is 0 Å². The first-order chi connectivity index (χ1) is 8.65. The van der Waals surface area contributed by atoms with Crippen molar-refractivity contribution < 1.29 is 4.79 Å². The minimum atomic E-state index is 0. The van der Waals surface area contributed by atoms with Gasteiger partial charge in [0.25, 0.3) is 0 Å². The first-order valence-corrected chi connectivity index (χ1v) is 8.05. The van der Waals surface area contributed by atoms with Crippen molar-refractivity contribution in [2.24, 2.45) is 5.73 Å². The molecule has 0 bridgehead atoms. The second kappa shape index (κ2) is 10.7. The van der Waals surface area contributed by atoms with Crippen LogP contribution in [0.5, 0.6) is 0 Å². The minimum Gasteiger partial charge on any atom is -0.352 e. The number of nitrogens with two attached hydrogens (primary N) is 1. The third kappa shape index (κ3) is 7.92. The topological polar surface area (TPSA) is 55.1 Å². The molecule has 0 spiro atoms. The van der Waals surface area contributed by atoms with Crippen LogP contribution in [0.2, 0.25) is 0 Å². The van der Waals surface area contributed by atoms with Gasteiger partial charge in [-0.3, -0.25) is 4.79 Å². The average Bonchev–Trinajstić information content (AvgIpc) is 2.78. The van der Waals surface area contributed by atoms with Crippen LogP contribution in [0.3, 0.4) is 0 Å². The number of carbonyl (C=O) groups is 1. The molecule has 1 aromatic rings. The second-order valence-corrected chi connectivity index (χ2v) is 6.29. The molecule has 0 aliphatic carbocycles. The molecule has 0 saturated heterocycles. The number of hydrogen-bond donors (Lipinski definition) is 2. The van der Waals surface area contributed by atoms with E-state index in [-0.39, 0.29) is 24.4 Å². The molecule has 19 heavy (non-hydrogen) atoms. The Morgan fingerprint density at radius 2 is 2.32 bits per heavy atom. The predicted molar refractivity (Wildman–Crippen MR) is 88.1 cm³/mol. The fourth-order valence-corrected chi connectivity index (χ4v) is 3.18. The number of hydrogen-bond acceptors (Lipinski definition) is 3. The highest BCUT2D eigenvalue weighted by Gasteiger charge is 2.10. The Balaban J connectivity index is 0.00000324. The maximum Gasteiger partial charge on any atom is 0.220 e. The SMILES string of the molecule is CCCCC(CN)NC(=O)CCc1cc(Br)cs1.Cl. The van der Waals surface area contributed by atoms with E-state index < -0.39 is 0 Å². The molecule has 1 unspecified atom stereocenters. The number of thiophene rings is 1. The van der Waals surface area contributed by atoms with E-state index in [1.54, 1.807) is 11.3 Å².